The first-order valence-corrected chi connectivity index (χ1v) is 7.40. The molecule has 3 rings (SSSR count). The van der Waals surface area contributed by atoms with Crippen LogP contribution in [0.15, 0.2) is 45.7 Å². The fourth-order valence-electron chi connectivity index (χ4n) is 2.06. The van der Waals surface area contributed by atoms with Gasteiger partial charge in [0.1, 0.15) is 12.4 Å². The zero-order valence-corrected chi connectivity index (χ0v) is 13.2. The molecule has 0 saturated carbocycles. The van der Waals surface area contributed by atoms with Crippen LogP contribution in [0.2, 0.25) is 0 Å². The van der Waals surface area contributed by atoms with E-state index in [-0.39, 0.29) is 36.2 Å². The van der Waals surface area contributed by atoms with E-state index in [0.717, 1.165) is 4.68 Å². The quantitative estimate of drug-likeness (QED) is 0.649. The van der Waals surface area contributed by atoms with Gasteiger partial charge in [-0.15, -0.1) is 0 Å². The second-order valence-electron chi connectivity index (χ2n) is 4.96. The third kappa shape index (κ3) is 3.77. The molecule has 2 heterocycles. The van der Waals surface area contributed by atoms with Crippen LogP contribution in [0.25, 0.3) is 11.3 Å². The molecule has 8 nitrogen and oxygen atoms in total. The summed E-state index contributed by atoms with van der Waals surface area (Å²) in [6, 6.07) is 8.58. The Morgan fingerprint density at radius 2 is 2.00 bits per heavy atom. The Bertz CT molecular complexity index is 949. The lowest BCUT2D eigenvalue weighted by Gasteiger charge is -2.05. The van der Waals surface area contributed by atoms with E-state index >= 15 is 0 Å². The topological polar surface area (TPSA) is 100 Å². The molecule has 0 N–H and O–H groups in total. The molecule has 9 heteroatoms. The average Bonchev–Trinajstić information content (AvgIpc) is 3.07. The standard InChI is InChI=1S/C16H13FN4O4/c1-2-24-16(23)15-18-13(20-25-15)9-21-14(22)8-7-12(19-21)10-3-5-11(17)6-4-10/h3-8H,2,9H2,1H3. The largest absolute Gasteiger partial charge is 0.459 e. The lowest BCUT2D eigenvalue weighted by atomic mass is 10.1. The fraction of sp³-hybridized carbons (Fsp3) is 0.188. The van der Waals surface area contributed by atoms with Crippen LogP contribution in [0.5, 0.6) is 0 Å². The van der Waals surface area contributed by atoms with E-state index in [1.54, 1.807) is 19.1 Å². The number of esters is 1. The summed E-state index contributed by atoms with van der Waals surface area (Å²) in [5.74, 6) is -1.29. The normalized spacial score (nSPS) is 10.6. The number of halogens is 1. The van der Waals surface area contributed by atoms with Gasteiger partial charge in [-0.1, -0.05) is 5.16 Å². The highest BCUT2D eigenvalue weighted by molar-refractivity contribution is 5.83. The molecule has 25 heavy (non-hydrogen) atoms. The molecule has 0 spiro atoms. The number of benzene rings is 1. The molecule has 2 aromatic heterocycles. The molecule has 3 aromatic rings. The maximum Gasteiger partial charge on any atom is 0.397 e. The maximum absolute atomic E-state index is 13.0. The van der Waals surface area contributed by atoms with E-state index in [1.807, 2.05) is 0 Å². The molecule has 0 bridgehead atoms. The Hall–Kier alpha value is -3.36. The van der Waals surface area contributed by atoms with E-state index in [4.69, 9.17) is 9.26 Å². The average molecular weight is 344 g/mol. The fourth-order valence-corrected chi connectivity index (χ4v) is 2.06. The summed E-state index contributed by atoms with van der Waals surface area (Å²) in [7, 11) is 0. The van der Waals surface area contributed by atoms with Crippen molar-refractivity contribution in [1.29, 1.82) is 0 Å². The van der Waals surface area contributed by atoms with Crippen molar-refractivity contribution in [3.05, 3.63) is 64.3 Å². The molecule has 0 radical (unpaired) electrons. The predicted molar refractivity (Wildman–Crippen MR) is 83.2 cm³/mol. The van der Waals surface area contributed by atoms with E-state index in [2.05, 4.69) is 15.2 Å². The number of hydrogen-bond acceptors (Lipinski definition) is 7. The summed E-state index contributed by atoms with van der Waals surface area (Å²) in [5.41, 5.74) is 0.748. The first-order valence-electron chi connectivity index (χ1n) is 7.40. The van der Waals surface area contributed by atoms with Crippen LogP contribution in [0, 0.1) is 5.82 Å². The first kappa shape index (κ1) is 16.5. The molecule has 128 valence electrons. The van der Waals surface area contributed by atoms with E-state index in [0.29, 0.717) is 11.3 Å². The molecule has 0 aliphatic heterocycles. The van der Waals surface area contributed by atoms with E-state index in [1.165, 1.54) is 24.3 Å². The van der Waals surface area contributed by atoms with Gasteiger partial charge in [0.05, 0.1) is 12.3 Å². The summed E-state index contributed by atoms with van der Waals surface area (Å²) in [5, 5.41) is 7.84. The van der Waals surface area contributed by atoms with Crippen LogP contribution in [-0.2, 0) is 11.3 Å². The van der Waals surface area contributed by atoms with Gasteiger partial charge < -0.3 is 9.26 Å². The van der Waals surface area contributed by atoms with Crippen LogP contribution < -0.4 is 5.56 Å². The van der Waals surface area contributed by atoms with Crippen LogP contribution in [0.3, 0.4) is 0 Å². The monoisotopic (exact) mass is 344 g/mol. The third-order valence-electron chi connectivity index (χ3n) is 3.22. The van der Waals surface area contributed by atoms with Crippen LogP contribution in [-0.4, -0.2) is 32.5 Å². The lowest BCUT2D eigenvalue weighted by molar-refractivity contribution is 0.0470. The van der Waals surface area contributed by atoms with Gasteiger partial charge in [-0.2, -0.15) is 10.1 Å². The Labute approximate surface area is 140 Å². The second kappa shape index (κ2) is 7.04. The van der Waals surface area contributed by atoms with Gasteiger partial charge in [-0.25, -0.2) is 13.9 Å². The minimum atomic E-state index is -0.735. The molecule has 0 fully saturated rings. The highest BCUT2D eigenvalue weighted by atomic mass is 19.1. The number of ether oxygens (including phenoxy) is 1. The van der Waals surface area contributed by atoms with E-state index < -0.39 is 5.97 Å². The van der Waals surface area contributed by atoms with Crippen molar-refractivity contribution in [3.8, 4) is 11.3 Å². The molecule has 0 saturated heterocycles. The number of hydrogen-bond donors (Lipinski definition) is 0. The summed E-state index contributed by atoms with van der Waals surface area (Å²) in [4.78, 5) is 27.4. The smallest absolute Gasteiger partial charge is 0.397 e. The van der Waals surface area contributed by atoms with Gasteiger partial charge in [0, 0.05) is 11.6 Å². The number of carbonyl (C=O) groups is 1. The van der Waals surface area contributed by atoms with Gasteiger partial charge in [0.2, 0.25) is 0 Å². The molecule has 0 amide bonds. The summed E-state index contributed by atoms with van der Waals surface area (Å²) >= 11 is 0. The second-order valence-corrected chi connectivity index (χ2v) is 4.96. The maximum atomic E-state index is 13.0. The predicted octanol–water partition coefficient (Wildman–Crippen LogP) is 1.66. The van der Waals surface area contributed by atoms with Crippen molar-refractivity contribution in [2.45, 2.75) is 13.5 Å². The van der Waals surface area contributed by atoms with Gasteiger partial charge in [0.15, 0.2) is 5.82 Å². The summed E-state index contributed by atoms with van der Waals surface area (Å²) in [6.45, 7) is 1.74. The van der Waals surface area contributed by atoms with E-state index in [9.17, 15) is 14.0 Å². The van der Waals surface area contributed by atoms with Gasteiger partial charge in [-0.3, -0.25) is 4.79 Å². The Morgan fingerprint density at radius 3 is 2.72 bits per heavy atom. The number of nitrogens with zero attached hydrogens (tertiary/aromatic N) is 4. The van der Waals surface area contributed by atoms with Gasteiger partial charge >= 0.3 is 11.9 Å². The van der Waals surface area contributed by atoms with Crippen LogP contribution in [0.1, 0.15) is 23.4 Å². The van der Waals surface area contributed by atoms with Gasteiger partial charge in [-0.05, 0) is 37.3 Å². The lowest BCUT2D eigenvalue weighted by Crippen LogP contribution is -2.23. The van der Waals surface area contributed by atoms with Crippen molar-refractivity contribution >= 4 is 5.97 Å². The van der Waals surface area contributed by atoms with Crippen molar-refractivity contribution in [1.82, 2.24) is 19.9 Å². The van der Waals surface area contributed by atoms with Crippen molar-refractivity contribution in [3.63, 3.8) is 0 Å². The first-order chi connectivity index (χ1) is 12.1. The third-order valence-corrected chi connectivity index (χ3v) is 3.22. The van der Waals surface area contributed by atoms with Crippen molar-refractivity contribution in [2.24, 2.45) is 0 Å². The Balaban J connectivity index is 1.85. The minimum Gasteiger partial charge on any atom is -0.459 e. The number of rotatable bonds is 5. The number of aromatic nitrogens is 4. The summed E-state index contributed by atoms with van der Waals surface area (Å²) < 4.78 is 23.7. The molecule has 0 aliphatic rings. The minimum absolute atomic E-state index is 0.0865. The Morgan fingerprint density at radius 1 is 1.24 bits per heavy atom. The van der Waals surface area contributed by atoms with Gasteiger partial charge in [0.25, 0.3) is 5.56 Å². The SMILES string of the molecule is CCOC(=O)c1nc(Cn2nc(-c3ccc(F)cc3)ccc2=O)no1. The molecule has 0 aliphatic carbocycles. The van der Waals surface area contributed by atoms with Crippen LogP contribution in [0.4, 0.5) is 4.39 Å². The Kier molecular flexibility index (Phi) is 4.64. The molecular formula is C16H13FN4O4. The zero-order chi connectivity index (χ0) is 17.8. The molecule has 0 atom stereocenters. The van der Waals surface area contributed by atoms with Crippen LogP contribution >= 0.6 is 0 Å². The molecular weight excluding hydrogens is 331 g/mol. The van der Waals surface area contributed by atoms with Crippen molar-refractivity contribution in [2.75, 3.05) is 6.61 Å². The van der Waals surface area contributed by atoms with Crippen molar-refractivity contribution < 1.29 is 18.4 Å². The number of carbonyl (C=O) groups excluding carboxylic acids is 1. The highest BCUT2D eigenvalue weighted by Crippen LogP contribution is 2.15. The highest BCUT2D eigenvalue weighted by Gasteiger charge is 2.17. The zero-order valence-electron chi connectivity index (χ0n) is 13.2. The summed E-state index contributed by atoms with van der Waals surface area (Å²) in [6.07, 6.45) is 0. The molecule has 1 aromatic carbocycles. The molecule has 0 unspecified atom stereocenters.